The topological polar surface area (TPSA) is 12.4 Å². The number of nitrogens with zero attached hydrogens (tertiary/aromatic N) is 1. The molecular weight excluding hydrogens is 134 g/mol. The van der Waals surface area contributed by atoms with E-state index in [0.717, 1.165) is 5.92 Å². The Hall–Kier alpha value is -0.330. The molecule has 0 saturated heterocycles. The van der Waals surface area contributed by atoms with Crippen molar-refractivity contribution in [2.24, 2.45) is 10.9 Å². The first kappa shape index (κ1) is 10.7. The molecule has 1 atom stereocenters. The zero-order valence-corrected chi connectivity index (χ0v) is 8.35. The van der Waals surface area contributed by atoms with Crippen LogP contribution in [0.1, 0.15) is 46.5 Å². The molecule has 0 rings (SSSR count). The van der Waals surface area contributed by atoms with Gasteiger partial charge in [0.25, 0.3) is 0 Å². The highest BCUT2D eigenvalue weighted by atomic mass is 14.7. The van der Waals surface area contributed by atoms with E-state index >= 15 is 0 Å². The van der Waals surface area contributed by atoms with Crippen LogP contribution in [0.5, 0.6) is 0 Å². The molecule has 1 nitrogen and oxygen atoms in total. The van der Waals surface area contributed by atoms with Crippen LogP contribution < -0.4 is 0 Å². The Morgan fingerprint density at radius 2 is 2.09 bits per heavy atom. The van der Waals surface area contributed by atoms with Gasteiger partial charge in [-0.3, -0.25) is 4.99 Å². The maximum Gasteiger partial charge on any atom is 0.0276 e. The lowest BCUT2D eigenvalue weighted by molar-refractivity contribution is 0.501. The molecule has 0 spiro atoms. The second-order valence-corrected chi connectivity index (χ2v) is 3.36. The Morgan fingerprint density at radius 1 is 1.45 bits per heavy atom. The van der Waals surface area contributed by atoms with Crippen LogP contribution in [-0.4, -0.2) is 12.8 Å². The van der Waals surface area contributed by atoms with E-state index in [1.165, 1.54) is 31.4 Å². The summed E-state index contributed by atoms with van der Waals surface area (Å²) >= 11 is 0. The third-order valence-corrected chi connectivity index (χ3v) is 2.31. The van der Waals surface area contributed by atoms with Crippen LogP contribution in [0.3, 0.4) is 0 Å². The summed E-state index contributed by atoms with van der Waals surface area (Å²) in [7, 11) is 1.87. The average molecular weight is 155 g/mol. The lowest BCUT2D eigenvalue weighted by atomic mass is 10.0. The first-order valence-electron chi connectivity index (χ1n) is 4.63. The van der Waals surface area contributed by atoms with E-state index in [2.05, 4.69) is 25.8 Å². The van der Waals surface area contributed by atoms with Gasteiger partial charge in [0.15, 0.2) is 0 Å². The Bertz CT molecular complexity index is 116. The SMILES string of the molecule is CCC(C)CCCC(C)=NC. The minimum atomic E-state index is 0.889. The van der Waals surface area contributed by atoms with Gasteiger partial charge in [0.1, 0.15) is 0 Å². The first-order chi connectivity index (χ1) is 5.20. The molecule has 0 aromatic carbocycles. The summed E-state index contributed by atoms with van der Waals surface area (Å²) in [6.07, 6.45) is 5.14. The fourth-order valence-corrected chi connectivity index (χ4v) is 1.02. The van der Waals surface area contributed by atoms with Crippen molar-refractivity contribution in [3.8, 4) is 0 Å². The van der Waals surface area contributed by atoms with Gasteiger partial charge in [0, 0.05) is 12.8 Å². The molecule has 0 saturated carbocycles. The first-order valence-corrected chi connectivity index (χ1v) is 4.63. The van der Waals surface area contributed by atoms with E-state index in [0.29, 0.717) is 0 Å². The Morgan fingerprint density at radius 3 is 2.55 bits per heavy atom. The summed E-state index contributed by atoms with van der Waals surface area (Å²) in [6, 6.07) is 0. The second kappa shape index (κ2) is 6.38. The quantitative estimate of drug-likeness (QED) is 0.540. The predicted molar refractivity (Wildman–Crippen MR) is 52.3 cm³/mol. The van der Waals surface area contributed by atoms with Gasteiger partial charge < -0.3 is 0 Å². The number of rotatable bonds is 5. The molecule has 0 aliphatic heterocycles. The third kappa shape index (κ3) is 6.08. The van der Waals surface area contributed by atoms with Crippen molar-refractivity contribution < 1.29 is 0 Å². The van der Waals surface area contributed by atoms with Crippen LogP contribution in [0.4, 0.5) is 0 Å². The van der Waals surface area contributed by atoms with Crippen LogP contribution >= 0.6 is 0 Å². The summed E-state index contributed by atoms with van der Waals surface area (Å²) in [5, 5.41) is 0. The summed E-state index contributed by atoms with van der Waals surface area (Å²) in [5.74, 6) is 0.889. The van der Waals surface area contributed by atoms with Crippen molar-refractivity contribution in [3.63, 3.8) is 0 Å². The molecule has 0 N–H and O–H groups in total. The fraction of sp³-hybridized carbons (Fsp3) is 0.900. The third-order valence-electron chi connectivity index (χ3n) is 2.31. The van der Waals surface area contributed by atoms with Gasteiger partial charge in [-0.15, -0.1) is 0 Å². The maximum absolute atomic E-state index is 4.13. The standard InChI is InChI=1S/C10H21N/c1-5-9(2)7-6-8-10(3)11-4/h9H,5-8H2,1-4H3. The van der Waals surface area contributed by atoms with Crippen molar-refractivity contribution in [3.05, 3.63) is 0 Å². The molecule has 1 unspecified atom stereocenters. The van der Waals surface area contributed by atoms with Crippen molar-refractivity contribution in [2.75, 3.05) is 7.05 Å². The average Bonchev–Trinajstić information content (AvgIpc) is 2.04. The van der Waals surface area contributed by atoms with Gasteiger partial charge in [-0.25, -0.2) is 0 Å². The minimum absolute atomic E-state index is 0.889. The highest BCUT2D eigenvalue weighted by Crippen LogP contribution is 2.11. The summed E-state index contributed by atoms with van der Waals surface area (Å²) in [4.78, 5) is 4.13. The molecule has 11 heavy (non-hydrogen) atoms. The van der Waals surface area contributed by atoms with Crippen molar-refractivity contribution >= 4 is 5.71 Å². The van der Waals surface area contributed by atoms with Gasteiger partial charge >= 0.3 is 0 Å². The highest BCUT2D eigenvalue weighted by Gasteiger charge is 1.98. The van der Waals surface area contributed by atoms with E-state index in [1.54, 1.807) is 0 Å². The van der Waals surface area contributed by atoms with E-state index in [9.17, 15) is 0 Å². The van der Waals surface area contributed by atoms with E-state index in [1.807, 2.05) is 7.05 Å². The molecule has 0 aliphatic carbocycles. The van der Waals surface area contributed by atoms with Gasteiger partial charge in [-0.2, -0.15) is 0 Å². The molecule has 0 fully saturated rings. The largest absolute Gasteiger partial charge is 0.298 e. The van der Waals surface area contributed by atoms with Crippen LogP contribution in [0, 0.1) is 5.92 Å². The minimum Gasteiger partial charge on any atom is -0.298 e. The normalized spacial score (nSPS) is 15.1. The van der Waals surface area contributed by atoms with E-state index in [-0.39, 0.29) is 0 Å². The van der Waals surface area contributed by atoms with Crippen molar-refractivity contribution in [1.82, 2.24) is 0 Å². The fourth-order valence-electron chi connectivity index (χ4n) is 1.02. The molecule has 0 heterocycles. The van der Waals surface area contributed by atoms with E-state index < -0.39 is 0 Å². The van der Waals surface area contributed by atoms with Gasteiger partial charge in [-0.05, 0) is 25.7 Å². The maximum atomic E-state index is 4.13. The van der Waals surface area contributed by atoms with Crippen molar-refractivity contribution in [2.45, 2.75) is 46.5 Å². The zero-order chi connectivity index (χ0) is 8.69. The molecule has 66 valence electrons. The second-order valence-electron chi connectivity index (χ2n) is 3.36. The molecule has 0 bridgehead atoms. The molecule has 0 amide bonds. The number of hydrogen-bond donors (Lipinski definition) is 0. The Balaban J connectivity index is 3.27. The summed E-state index contributed by atoms with van der Waals surface area (Å²) in [6.45, 7) is 6.68. The Labute approximate surface area is 70.9 Å². The van der Waals surface area contributed by atoms with Crippen LogP contribution in [0.2, 0.25) is 0 Å². The van der Waals surface area contributed by atoms with Crippen LogP contribution in [0.15, 0.2) is 4.99 Å². The predicted octanol–water partition coefficient (Wildman–Crippen LogP) is 3.29. The van der Waals surface area contributed by atoms with Gasteiger partial charge in [-0.1, -0.05) is 26.7 Å². The number of aliphatic imine (C=N–C) groups is 1. The van der Waals surface area contributed by atoms with Crippen LogP contribution in [-0.2, 0) is 0 Å². The molecular formula is C10H21N. The smallest absolute Gasteiger partial charge is 0.0276 e. The molecule has 0 radical (unpaired) electrons. The van der Waals surface area contributed by atoms with Gasteiger partial charge in [0.05, 0.1) is 0 Å². The number of hydrogen-bond acceptors (Lipinski definition) is 1. The van der Waals surface area contributed by atoms with Crippen LogP contribution in [0.25, 0.3) is 0 Å². The summed E-state index contributed by atoms with van der Waals surface area (Å²) in [5.41, 5.74) is 1.29. The lowest BCUT2D eigenvalue weighted by Crippen LogP contribution is -1.95. The van der Waals surface area contributed by atoms with E-state index in [4.69, 9.17) is 0 Å². The highest BCUT2D eigenvalue weighted by molar-refractivity contribution is 5.81. The molecule has 0 aromatic rings. The monoisotopic (exact) mass is 155 g/mol. The molecule has 1 heteroatoms. The zero-order valence-electron chi connectivity index (χ0n) is 8.35. The molecule has 0 aliphatic rings. The summed E-state index contributed by atoms with van der Waals surface area (Å²) < 4.78 is 0. The Kier molecular flexibility index (Phi) is 6.19. The van der Waals surface area contributed by atoms with Crippen molar-refractivity contribution in [1.29, 1.82) is 0 Å². The molecule has 0 aromatic heterocycles. The van der Waals surface area contributed by atoms with Gasteiger partial charge in [0.2, 0.25) is 0 Å². The lowest BCUT2D eigenvalue weighted by Gasteiger charge is -2.06.